The highest BCUT2D eigenvalue weighted by atomic mass is 16.3. The summed E-state index contributed by atoms with van der Waals surface area (Å²) in [5.41, 5.74) is 13.2. The third-order valence-electron chi connectivity index (χ3n) is 12.8. The van der Waals surface area contributed by atoms with E-state index in [1.165, 1.54) is 44.4 Å². The number of aromatic amines is 2. The second-order valence-electron chi connectivity index (χ2n) is 20.3. The van der Waals surface area contributed by atoms with E-state index in [9.17, 15) is 53.4 Å². The number of Topliss-reactive ketones (excluding diaryl/α,β-unsaturated/α-hetero) is 1. The number of aliphatic hydroxyl groups is 1. The lowest BCUT2D eigenvalue weighted by atomic mass is 9.99. The summed E-state index contributed by atoms with van der Waals surface area (Å²) < 4.78 is 0. The van der Waals surface area contributed by atoms with Gasteiger partial charge >= 0.3 is 0 Å². The van der Waals surface area contributed by atoms with Crippen LogP contribution in [0.3, 0.4) is 0 Å². The normalized spacial score (nSPS) is 14.7. The molecule has 17 N–H and O–H groups in total. The molecule has 25 heteroatoms. The van der Waals surface area contributed by atoms with Crippen molar-refractivity contribution in [2.45, 2.75) is 142 Å². The number of phenolic OH excluding ortho intramolecular Hbond substituents is 1. The molecule has 0 fully saturated rings. The average molecular weight is 1090 g/mol. The van der Waals surface area contributed by atoms with Crippen LogP contribution in [0, 0.1) is 23.2 Å². The fourth-order valence-electron chi connectivity index (χ4n) is 8.50. The second kappa shape index (κ2) is 29.8. The Kier molecular flexibility index (Phi) is 23.8. The molecule has 2 aromatic heterocycles. The highest BCUT2D eigenvalue weighted by Gasteiger charge is 2.36. The van der Waals surface area contributed by atoms with E-state index in [2.05, 4.69) is 57.5 Å². The summed E-state index contributed by atoms with van der Waals surface area (Å²) in [6.45, 7) is 11.3. The van der Waals surface area contributed by atoms with Crippen LogP contribution in [0.1, 0.15) is 91.0 Å². The Bertz CT molecular complexity index is 2710. The van der Waals surface area contributed by atoms with E-state index in [4.69, 9.17) is 16.9 Å². The molecule has 8 amide bonds. The van der Waals surface area contributed by atoms with Crippen molar-refractivity contribution in [1.29, 1.82) is 5.41 Å². The Morgan fingerprint density at radius 2 is 1.21 bits per heavy atom. The maximum Gasteiger partial charge on any atom is 0.243 e. The van der Waals surface area contributed by atoms with Crippen LogP contribution in [-0.4, -0.2) is 139 Å². The zero-order chi connectivity index (χ0) is 57.8. The SMILES string of the molecule is CC(=O)[C@@H](NC(=O)[C@@H](NC(=O)[C@H](Cc1c[nH]c2ccccc12)NC(=O)[C@H](CC(N)=O)NC(=O)[C@H](CC(C)C)NC(=O)[C@H](Cc1ccc(O)cc1)NC(=O)[C@H](Cc1c[nH]cn1)NC(=O)[C@@H](C)CCCNC(=N)N)C(C)C)[C@@H](C)O. The number of rotatable bonds is 31. The number of aliphatic hydroxyl groups excluding tert-OH is 1. The van der Waals surface area contributed by atoms with Crippen LogP contribution >= 0.6 is 0 Å². The van der Waals surface area contributed by atoms with Crippen molar-refractivity contribution >= 4 is 69.9 Å². The lowest BCUT2D eigenvalue weighted by Crippen LogP contribution is -2.61. The number of nitrogens with one attached hydrogen (secondary N) is 11. The van der Waals surface area contributed by atoms with Crippen LogP contribution in [0.2, 0.25) is 0 Å². The first-order valence-electron chi connectivity index (χ1n) is 25.8. The quantitative estimate of drug-likeness (QED) is 0.0171. The fraction of sp³-hybridized carbons (Fsp3) is 0.491. The van der Waals surface area contributed by atoms with Crippen LogP contribution in [-0.2, 0) is 62.4 Å². The van der Waals surface area contributed by atoms with Gasteiger partial charge in [0.15, 0.2) is 11.7 Å². The summed E-state index contributed by atoms with van der Waals surface area (Å²) in [6.07, 6.45) is 2.99. The van der Waals surface area contributed by atoms with Crippen molar-refractivity contribution in [3.05, 3.63) is 84.1 Å². The number of hydrogen-bond donors (Lipinski definition) is 15. The van der Waals surface area contributed by atoms with E-state index in [1.54, 1.807) is 71.3 Å². The zero-order valence-corrected chi connectivity index (χ0v) is 45.0. The zero-order valence-electron chi connectivity index (χ0n) is 45.0. The van der Waals surface area contributed by atoms with Crippen molar-refractivity contribution in [1.82, 2.24) is 57.5 Å². The van der Waals surface area contributed by atoms with Crippen molar-refractivity contribution in [3.8, 4) is 5.75 Å². The van der Waals surface area contributed by atoms with Gasteiger partial charge in [-0.3, -0.25) is 48.6 Å². The molecule has 0 bridgehead atoms. The molecule has 0 radical (unpaired) electrons. The molecular weight excluding hydrogens is 1010 g/mol. The van der Waals surface area contributed by atoms with Crippen LogP contribution in [0.4, 0.5) is 0 Å². The van der Waals surface area contributed by atoms with Gasteiger partial charge in [0.05, 0.1) is 24.5 Å². The number of benzene rings is 2. The fourth-order valence-corrected chi connectivity index (χ4v) is 8.50. The maximum atomic E-state index is 14.5. The first kappa shape index (κ1) is 62.2. The van der Waals surface area contributed by atoms with E-state index in [0.29, 0.717) is 47.1 Å². The number of hydrogen-bond acceptors (Lipinski definition) is 13. The average Bonchev–Trinajstić information content (AvgIpc) is 4.05. The molecule has 0 aliphatic carbocycles. The number of imidazole rings is 1. The predicted octanol–water partition coefficient (Wildman–Crippen LogP) is -0.535. The number of H-pyrrole nitrogens is 2. The minimum atomic E-state index is -1.72. The van der Waals surface area contributed by atoms with E-state index in [1.807, 2.05) is 0 Å². The third-order valence-corrected chi connectivity index (χ3v) is 12.8. The topological polar surface area (TPSA) is 411 Å². The van der Waals surface area contributed by atoms with Gasteiger partial charge in [0.25, 0.3) is 0 Å². The van der Waals surface area contributed by atoms with Gasteiger partial charge < -0.3 is 74.2 Å². The predicted molar refractivity (Wildman–Crippen MR) is 288 cm³/mol. The Hall–Kier alpha value is -8.35. The Morgan fingerprint density at radius 3 is 1.78 bits per heavy atom. The van der Waals surface area contributed by atoms with E-state index >= 15 is 0 Å². The van der Waals surface area contributed by atoms with Gasteiger partial charge in [-0.2, -0.15) is 0 Å². The summed E-state index contributed by atoms with van der Waals surface area (Å²) in [4.78, 5) is 134. The van der Waals surface area contributed by atoms with Crippen molar-refractivity contribution < 1.29 is 53.4 Å². The summed E-state index contributed by atoms with van der Waals surface area (Å²) in [5, 5.41) is 49.5. The van der Waals surface area contributed by atoms with E-state index in [-0.39, 0.29) is 43.3 Å². The number of phenols is 1. The monoisotopic (exact) mass is 1080 g/mol. The first-order chi connectivity index (χ1) is 36.8. The molecule has 0 aliphatic rings. The first-order valence-corrected chi connectivity index (χ1v) is 25.8. The van der Waals surface area contributed by atoms with E-state index in [0.717, 1.165) is 0 Å². The molecule has 2 heterocycles. The number of guanidine groups is 1. The van der Waals surface area contributed by atoms with Crippen LogP contribution < -0.4 is 54.0 Å². The molecular formula is C53H76N14O11. The van der Waals surface area contributed by atoms with Crippen LogP contribution in [0.5, 0.6) is 5.75 Å². The summed E-state index contributed by atoms with van der Waals surface area (Å²) in [6, 6.07) is 3.19. The highest BCUT2D eigenvalue weighted by molar-refractivity contribution is 5.99. The van der Waals surface area contributed by atoms with E-state index < -0.39 is 120 Å². The molecule has 0 aliphatic heterocycles. The standard InChI is InChI=1S/C53H76N14O11/c1-27(2)19-38(62-48(74)39(20-32-14-16-35(70)17-15-32)63-49(75)41(22-34-25-57-26-60-34)61-46(72)29(5)11-10-18-58-53(55)56)47(73)65-42(23-43(54)71)50(76)64-40(21-33-24-59-37-13-9-8-12-36(33)37)51(77)66-44(28(3)4)52(78)67-45(30(6)68)31(7)69/h8-9,12-17,24-30,38-42,44-45,59,68,70H,10-11,18-23H2,1-7H3,(H2,54,71)(H,57,60)(H,61,72)(H,62,74)(H,63,75)(H,64,76)(H,65,73)(H,66,77)(H,67,78)(H4,55,56,58)/t29-,30+,38-,39-,40-,41-,42-,44-,45-/m0/s1. The molecule has 424 valence electrons. The van der Waals surface area contributed by atoms with Crippen LogP contribution in [0.15, 0.2) is 67.3 Å². The Balaban J connectivity index is 1.63. The number of para-hydroxylation sites is 1. The number of nitrogens with two attached hydrogens (primary N) is 2. The lowest BCUT2D eigenvalue weighted by molar-refractivity contribution is -0.137. The minimum Gasteiger partial charge on any atom is -0.508 e. The Morgan fingerprint density at radius 1 is 0.654 bits per heavy atom. The molecule has 9 atom stereocenters. The third kappa shape index (κ3) is 19.7. The van der Waals surface area contributed by atoms with Gasteiger partial charge in [-0.25, -0.2) is 4.98 Å². The lowest BCUT2D eigenvalue weighted by Gasteiger charge is -2.29. The number of nitrogens with zero attached hydrogens (tertiary/aromatic N) is 1. The number of aromatic hydroxyl groups is 1. The smallest absolute Gasteiger partial charge is 0.243 e. The van der Waals surface area contributed by atoms with Crippen molar-refractivity contribution in [2.75, 3.05) is 6.54 Å². The number of amides is 8. The highest BCUT2D eigenvalue weighted by Crippen LogP contribution is 2.20. The molecule has 4 aromatic rings. The number of aromatic nitrogens is 3. The van der Waals surface area contributed by atoms with Crippen LogP contribution in [0.25, 0.3) is 10.9 Å². The summed E-state index contributed by atoms with van der Waals surface area (Å²) in [7, 11) is 0. The largest absolute Gasteiger partial charge is 0.508 e. The minimum absolute atomic E-state index is 0.0240. The Labute approximate surface area is 452 Å². The van der Waals surface area contributed by atoms with Gasteiger partial charge in [0, 0.05) is 55.0 Å². The maximum absolute atomic E-state index is 14.5. The number of ketones is 1. The number of fused-ring (bicyclic) bond motifs is 1. The van der Waals surface area contributed by atoms with Gasteiger partial charge in [-0.1, -0.05) is 65.0 Å². The number of carbonyl (C=O) groups excluding carboxylic acids is 9. The molecule has 0 spiro atoms. The van der Waals surface area contributed by atoms with Gasteiger partial charge in [0.2, 0.25) is 47.3 Å². The molecule has 0 saturated heterocycles. The molecule has 2 aromatic carbocycles. The second-order valence-corrected chi connectivity index (χ2v) is 20.3. The summed E-state index contributed by atoms with van der Waals surface area (Å²) in [5.74, 6) is -8.94. The molecule has 25 nitrogen and oxygen atoms in total. The van der Waals surface area contributed by atoms with Crippen molar-refractivity contribution in [3.63, 3.8) is 0 Å². The molecule has 4 rings (SSSR count). The number of primary amides is 1. The molecule has 0 unspecified atom stereocenters. The molecule has 0 saturated carbocycles. The van der Waals surface area contributed by atoms with Gasteiger partial charge in [-0.05, 0) is 74.3 Å². The van der Waals surface area contributed by atoms with Gasteiger partial charge in [0.1, 0.15) is 48.0 Å². The summed E-state index contributed by atoms with van der Waals surface area (Å²) >= 11 is 0. The van der Waals surface area contributed by atoms with Gasteiger partial charge in [-0.15, -0.1) is 0 Å². The number of carbonyl (C=O) groups is 9. The van der Waals surface area contributed by atoms with Crippen molar-refractivity contribution in [2.24, 2.45) is 29.2 Å². The molecule has 78 heavy (non-hydrogen) atoms.